The van der Waals surface area contributed by atoms with Crippen LogP contribution in [0.2, 0.25) is 0 Å². The molecule has 1 fully saturated rings. The Balaban J connectivity index is 2.26. The fraction of sp³-hybridized carbons (Fsp3) is 0.500. The Kier molecular flexibility index (Phi) is 4.28. The zero-order chi connectivity index (χ0) is 15.0. The Labute approximate surface area is 120 Å². The highest BCUT2D eigenvalue weighted by Gasteiger charge is 2.62. The van der Waals surface area contributed by atoms with Crippen molar-refractivity contribution >= 4 is 15.0 Å². The fourth-order valence-electron chi connectivity index (χ4n) is 2.43. The van der Waals surface area contributed by atoms with E-state index in [1.54, 1.807) is 24.3 Å². The van der Waals surface area contributed by atoms with Crippen LogP contribution in [0.3, 0.4) is 0 Å². The highest BCUT2D eigenvalue weighted by Crippen LogP contribution is 2.48. The number of hydrogen-bond acceptors (Lipinski definition) is 4. The highest BCUT2D eigenvalue weighted by atomic mass is 31.0. The van der Waals surface area contributed by atoms with Gasteiger partial charge in [-0.2, -0.15) is 0 Å². The molecule has 5 nitrogen and oxygen atoms in total. The van der Waals surface area contributed by atoms with Gasteiger partial charge in [0.15, 0.2) is 5.34 Å². The lowest BCUT2D eigenvalue weighted by molar-refractivity contribution is -0.909. The first kappa shape index (κ1) is 15.5. The molecule has 110 valence electrons. The van der Waals surface area contributed by atoms with Crippen LogP contribution in [0.15, 0.2) is 30.3 Å². The van der Waals surface area contributed by atoms with Gasteiger partial charge in [0.05, 0.1) is 7.05 Å². The summed E-state index contributed by atoms with van der Waals surface area (Å²) in [5.74, 6) is -0.901. The predicted octanol–water partition coefficient (Wildman–Crippen LogP) is -0.527. The van der Waals surface area contributed by atoms with Crippen LogP contribution in [0, 0.1) is 11.1 Å². The van der Waals surface area contributed by atoms with Crippen LogP contribution in [0.5, 0.6) is 0 Å². The highest BCUT2D eigenvalue weighted by molar-refractivity contribution is 7.19. The summed E-state index contributed by atoms with van der Waals surface area (Å²) in [6.45, 7) is 0. The zero-order valence-corrected chi connectivity index (χ0v) is 12.5. The molecule has 4 unspecified atom stereocenters. The molecule has 0 saturated heterocycles. The summed E-state index contributed by atoms with van der Waals surface area (Å²) in [5.41, 5.74) is -1.66. The second-order valence-corrected chi connectivity index (χ2v) is 6.33. The van der Waals surface area contributed by atoms with Crippen LogP contribution in [0.4, 0.5) is 0 Å². The molecule has 3 N–H and O–H groups in total. The maximum Gasteiger partial charge on any atom is 0.292 e. The minimum absolute atomic E-state index is 0.0830. The Morgan fingerprint density at radius 2 is 1.95 bits per heavy atom. The monoisotopic (exact) mass is 297 g/mol. The lowest BCUT2D eigenvalue weighted by Gasteiger charge is -2.44. The number of likely N-dealkylation sites (N-methyl/N-ethyl adjacent to an activating group) is 1. The summed E-state index contributed by atoms with van der Waals surface area (Å²) in [7, 11) is 3.25. The van der Waals surface area contributed by atoms with Gasteiger partial charge in [-0.25, -0.2) is 0 Å². The lowest BCUT2D eigenvalue weighted by Crippen LogP contribution is -3.18. The van der Waals surface area contributed by atoms with Crippen LogP contribution in [-0.4, -0.2) is 34.1 Å². The molecular formula is C14H20NO4P. The number of aliphatic hydroxyl groups is 2. The van der Waals surface area contributed by atoms with E-state index in [9.17, 15) is 20.2 Å². The van der Waals surface area contributed by atoms with E-state index >= 15 is 0 Å². The van der Waals surface area contributed by atoms with Gasteiger partial charge < -0.3 is 20.5 Å². The van der Waals surface area contributed by atoms with Gasteiger partial charge in [-0.1, -0.05) is 39.6 Å². The first-order chi connectivity index (χ1) is 9.30. The number of carbonyl (C=O) groups excluding carboxylic acids is 1. The van der Waals surface area contributed by atoms with E-state index in [0.29, 0.717) is 18.4 Å². The van der Waals surface area contributed by atoms with Gasteiger partial charge in [0.25, 0.3) is 5.72 Å². The van der Waals surface area contributed by atoms with Crippen molar-refractivity contribution in [3.8, 4) is 0 Å². The third kappa shape index (κ3) is 2.65. The molecule has 4 atom stereocenters. The van der Waals surface area contributed by atoms with Crippen LogP contribution < -0.4 is 5.06 Å². The number of rotatable bonds is 6. The predicted molar refractivity (Wildman–Crippen MR) is 77.7 cm³/mol. The fourth-order valence-corrected chi connectivity index (χ4v) is 3.13. The Bertz CT molecular complexity index is 487. The van der Waals surface area contributed by atoms with Crippen LogP contribution >= 0.6 is 9.24 Å². The Morgan fingerprint density at radius 3 is 2.40 bits per heavy atom. The van der Waals surface area contributed by atoms with Crippen LogP contribution in [-0.2, 0) is 11.2 Å². The Hall–Kier alpha value is -0.840. The topological polar surface area (TPSA) is 85.0 Å². The summed E-state index contributed by atoms with van der Waals surface area (Å²) in [6, 6.07) is 8.88. The van der Waals surface area contributed by atoms with Gasteiger partial charge in [-0.15, -0.1) is 0 Å². The molecule has 1 saturated carbocycles. The van der Waals surface area contributed by atoms with Crippen molar-refractivity contribution in [2.75, 3.05) is 7.05 Å². The molecule has 1 aromatic rings. The normalized spacial score (nSPS) is 22.6. The molecule has 6 heteroatoms. The first-order valence-electron chi connectivity index (χ1n) is 6.62. The largest absolute Gasteiger partial charge is 0.632 e. The molecule has 0 aliphatic heterocycles. The number of hydrogen-bond donors (Lipinski definition) is 3. The number of carbonyl (C=O) groups is 1. The van der Waals surface area contributed by atoms with Crippen molar-refractivity contribution in [2.45, 2.75) is 30.3 Å². The summed E-state index contributed by atoms with van der Waals surface area (Å²) in [4.78, 5) is 12.4. The summed E-state index contributed by atoms with van der Waals surface area (Å²) >= 11 is 0. The standard InChI is InChI=1S/C14H20NO4P/c1-15(19)13(17,14(18,20)11-7-8-11)12(16)9-10-5-3-2-4-6-10/h2-6,11,15,17-18H,7-9,20H2,1H3. The molecule has 0 heterocycles. The van der Waals surface area contributed by atoms with E-state index in [4.69, 9.17) is 0 Å². The van der Waals surface area contributed by atoms with Crippen molar-refractivity contribution in [2.24, 2.45) is 5.92 Å². The van der Waals surface area contributed by atoms with Crippen molar-refractivity contribution in [3.63, 3.8) is 0 Å². The molecule has 0 bridgehead atoms. The zero-order valence-electron chi connectivity index (χ0n) is 11.4. The Morgan fingerprint density at radius 1 is 1.40 bits per heavy atom. The van der Waals surface area contributed by atoms with Gasteiger partial charge in [0, 0.05) is 12.3 Å². The molecular weight excluding hydrogens is 277 g/mol. The molecule has 2 rings (SSSR count). The van der Waals surface area contributed by atoms with Gasteiger partial charge in [0.1, 0.15) is 0 Å². The van der Waals surface area contributed by atoms with E-state index in [-0.39, 0.29) is 12.3 Å². The summed E-state index contributed by atoms with van der Waals surface area (Å²) in [6.07, 6.45) is 1.32. The second kappa shape index (κ2) is 5.51. The maximum absolute atomic E-state index is 12.4. The number of benzene rings is 1. The number of Topliss-reactive ketones (excluding diaryl/α,β-unsaturated/α-hetero) is 1. The quantitative estimate of drug-likeness (QED) is 0.374. The average Bonchev–Trinajstić information content (AvgIpc) is 3.22. The number of nitrogens with one attached hydrogen (secondary N) is 1. The molecule has 20 heavy (non-hydrogen) atoms. The van der Waals surface area contributed by atoms with Crippen molar-refractivity contribution < 1.29 is 20.1 Å². The molecule has 0 radical (unpaired) electrons. The maximum atomic E-state index is 12.4. The summed E-state index contributed by atoms with van der Waals surface area (Å²) in [5, 5.41) is 30.4. The third-order valence-electron chi connectivity index (χ3n) is 3.90. The molecule has 1 aliphatic carbocycles. The van der Waals surface area contributed by atoms with E-state index in [0.717, 1.165) is 7.05 Å². The minimum Gasteiger partial charge on any atom is -0.632 e. The van der Waals surface area contributed by atoms with Gasteiger partial charge in [0.2, 0.25) is 5.78 Å². The van der Waals surface area contributed by atoms with Crippen LogP contribution in [0.25, 0.3) is 0 Å². The molecule has 0 amide bonds. The second-order valence-electron chi connectivity index (χ2n) is 5.45. The van der Waals surface area contributed by atoms with Crippen molar-refractivity contribution in [3.05, 3.63) is 41.1 Å². The van der Waals surface area contributed by atoms with E-state index < -0.39 is 21.9 Å². The summed E-state index contributed by atoms with van der Waals surface area (Å²) < 4.78 is 0. The minimum atomic E-state index is -2.37. The number of hydroxylamine groups is 2. The van der Waals surface area contributed by atoms with Gasteiger partial charge in [-0.3, -0.25) is 4.79 Å². The van der Waals surface area contributed by atoms with E-state index in [1.165, 1.54) is 0 Å². The lowest BCUT2D eigenvalue weighted by atomic mass is 9.92. The smallest absolute Gasteiger partial charge is 0.292 e. The van der Waals surface area contributed by atoms with Crippen molar-refractivity contribution in [1.29, 1.82) is 0 Å². The SMILES string of the molecule is C[NH+]([O-])C(O)(C(=O)Cc1ccccc1)C(O)(P)C1CC1. The van der Waals surface area contributed by atoms with E-state index in [1.807, 2.05) is 6.07 Å². The number of quaternary nitrogens is 1. The molecule has 0 aromatic heterocycles. The molecule has 1 aliphatic rings. The van der Waals surface area contributed by atoms with Crippen molar-refractivity contribution in [1.82, 2.24) is 0 Å². The first-order valence-corrected chi connectivity index (χ1v) is 7.19. The number of ketones is 1. The molecule has 1 aromatic carbocycles. The van der Waals surface area contributed by atoms with E-state index in [2.05, 4.69) is 9.24 Å². The van der Waals surface area contributed by atoms with Crippen LogP contribution in [0.1, 0.15) is 18.4 Å². The third-order valence-corrected chi connectivity index (χ3v) is 4.79. The molecule has 0 spiro atoms. The average molecular weight is 297 g/mol. The van der Waals surface area contributed by atoms with Gasteiger partial charge >= 0.3 is 0 Å². The van der Waals surface area contributed by atoms with Gasteiger partial charge in [-0.05, 0) is 18.4 Å².